The molecule has 1 aliphatic rings. The normalized spacial score (nSPS) is 11.3. The summed E-state index contributed by atoms with van der Waals surface area (Å²) < 4.78 is 0. The van der Waals surface area contributed by atoms with Crippen molar-refractivity contribution < 1.29 is 26.8 Å². The quantitative estimate of drug-likeness (QED) is 0.456. The second-order valence-corrected chi connectivity index (χ2v) is 2.10. The van der Waals surface area contributed by atoms with Crippen LogP contribution in [0.4, 0.5) is 0 Å². The van der Waals surface area contributed by atoms with E-state index in [-0.39, 0.29) is 35.2 Å². The van der Waals surface area contributed by atoms with Crippen LogP contribution >= 0.6 is 0 Å². The van der Waals surface area contributed by atoms with Crippen molar-refractivity contribution in [1.29, 1.82) is 0 Å². The Hall–Kier alpha value is 0.154. The van der Waals surface area contributed by atoms with E-state index < -0.39 is 0 Å². The van der Waals surface area contributed by atoms with E-state index >= 15 is 0 Å². The Morgan fingerprint density at radius 2 is 1.91 bits per heavy atom. The molecule has 0 spiro atoms. The number of hydrogen-bond donors (Lipinski definition) is 1. The summed E-state index contributed by atoms with van der Waals surface area (Å²) in [7, 11) is 0. The zero-order valence-corrected chi connectivity index (χ0v) is 9.03. The molecule has 0 atom stereocenters. The van der Waals surface area contributed by atoms with E-state index in [1.165, 1.54) is 0 Å². The van der Waals surface area contributed by atoms with Gasteiger partial charge in [-0.05, 0) is 13.8 Å². The topological polar surface area (TPSA) is 20.2 Å². The molecule has 2 heteroatoms. The molecule has 0 heterocycles. The Labute approximate surface area is 85.1 Å². The summed E-state index contributed by atoms with van der Waals surface area (Å²) in [5, 5.41) is 8.06. The van der Waals surface area contributed by atoms with Gasteiger partial charge in [0.2, 0.25) is 0 Å². The molecule has 0 aromatic heterocycles. The van der Waals surface area contributed by atoms with Crippen LogP contribution in [0, 0.1) is 13.5 Å². The zero-order chi connectivity index (χ0) is 7.11. The summed E-state index contributed by atoms with van der Waals surface area (Å²) >= 11 is 0. The number of hydrogen-bond acceptors (Lipinski definition) is 1. The molecule has 1 nitrogen and oxygen atoms in total. The van der Waals surface area contributed by atoms with Gasteiger partial charge in [-0.25, -0.2) is 12.2 Å². The van der Waals surface area contributed by atoms with Gasteiger partial charge in [0, 0.05) is 6.10 Å². The van der Waals surface area contributed by atoms with E-state index in [2.05, 4.69) is 12.2 Å². The molecule has 11 heavy (non-hydrogen) atoms. The maximum Gasteiger partial charge on any atom is 2.00 e. The molecule has 0 aromatic carbocycles. The van der Waals surface area contributed by atoms with Crippen molar-refractivity contribution in [2.24, 2.45) is 0 Å². The molecule has 0 fully saturated rings. The van der Waals surface area contributed by atoms with Gasteiger partial charge in [-0.15, -0.1) is 6.42 Å². The molecule has 0 saturated carbocycles. The van der Waals surface area contributed by atoms with Gasteiger partial charge < -0.3 is 12.5 Å². The fraction of sp³-hybridized carbons (Fsp3) is 0.444. The molecule has 1 N–H and O–H groups in total. The number of aliphatic hydroxyl groups is 1. The minimum absolute atomic E-state index is 0. The van der Waals surface area contributed by atoms with E-state index in [0.29, 0.717) is 0 Å². The second-order valence-electron chi connectivity index (χ2n) is 2.10. The average Bonchev–Trinajstić information content (AvgIpc) is 2.11. The molecule has 0 amide bonds. The maximum atomic E-state index is 8.06. The summed E-state index contributed by atoms with van der Waals surface area (Å²) in [5.74, 6) is 0. The van der Waals surface area contributed by atoms with Crippen LogP contribution in [0.25, 0.3) is 0 Å². The van der Waals surface area contributed by atoms with Crippen molar-refractivity contribution in [2.45, 2.75) is 26.4 Å². The molecule has 0 radical (unpaired) electrons. The molecular weight excluding hydrogens is 172 g/mol. The third-order valence-corrected chi connectivity index (χ3v) is 0.586. The van der Waals surface area contributed by atoms with Crippen LogP contribution in [0.1, 0.15) is 20.3 Å². The van der Waals surface area contributed by atoms with Crippen molar-refractivity contribution in [1.82, 2.24) is 0 Å². The Kier molecular flexibility index (Phi) is 20.1. The first kappa shape index (κ1) is 17.3. The van der Waals surface area contributed by atoms with Crippen molar-refractivity contribution in [2.75, 3.05) is 0 Å². The Morgan fingerprint density at radius 3 is 2.00 bits per heavy atom. The molecular formula is C9H16OTi. The third-order valence-electron chi connectivity index (χ3n) is 0.586. The zero-order valence-electron chi connectivity index (χ0n) is 7.46. The maximum absolute atomic E-state index is 8.06. The van der Waals surface area contributed by atoms with E-state index in [1.54, 1.807) is 13.8 Å². The molecule has 0 aliphatic heterocycles. The van der Waals surface area contributed by atoms with Gasteiger partial charge in [0.15, 0.2) is 0 Å². The van der Waals surface area contributed by atoms with Crippen LogP contribution in [0.3, 0.4) is 0 Å². The van der Waals surface area contributed by atoms with E-state index in [4.69, 9.17) is 5.11 Å². The minimum atomic E-state index is -0.167. The van der Waals surface area contributed by atoms with Gasteiger partial charge in [0.05, 0.1) is 0 Å². The summed E-state index contributed by atoms with van der Waals surface area (Å²) in [6.07, 6.45) is 9.83. The third kappa shape index (κ3) is 25.4. The largest absolute Gasteiger partial charge is 2.00 e. The number of allylic oxidation sites excluding steroid dienone is 4. The van der Waals surface area contributed by atoms with Crippen molar-refractivity contribution in [3.63, 3.8) is 0 Å². The molecule has 0 aromatic rings. The van der Waals surface area contributed by atoms with Crippen LogP contribution in [0.15, 0.2) is 18.2 Å². The van der Waals surface area contributed by atoms with Gasteiger partial charge in [-0.2, -0.15) is 6.08 Å². The Bertz CT molecular complexity index is 93.4. The monoisotopic (exact) mass is 188 g/mol. The van der Waals surface area contributed by atoms with E-state index in [1.807, 2.05) is 12.2 Å². The first-order chi connectivity index (χ1) is 4.23. The number of rotatable bonds is 0. The van der Waals surface area contributed by atoms with Crippen LogP contribution < -0.4 is 0 Å². The Balaban J connectivity index is -0.000000101. The number of aliphatic hydroxyl groups excluding tert-OH is 1. The smallest absolute Gasteiger partial charge is 0.394 e. The van der Waals surface area contributed by atoms with Crippen LogP contribution in [-0.4, -0.2) is 11.2 Å². The van der Waals surface area contributed by atoms with E-state index in [0.717, 1.165) is 6.42 Å². The van der Waals surface area contributed by atoms with Crippen LogP contribution in [0.2, 0.25) is 0 Å². The minimum Gasteiger partial charge on any atom is -0.394 e. The fourth-order valence-corrected chi connectivity index (χ4v) is 0.340. The van der Waals surface area contributed by atoms with Gasteiger partial charge >= 0.3 is 21.7 Å². The molecule has 0 saturated heterocycles. The SMILES string of the molecule is CC(C)O.[C-]1=CC=CC1.[CH3-].[Ti+2]. The van der Waals surface area contributed by atoms with Crippen molar-refractivity contribution >= 4 is 0 Å². The first-order valence-electron chi connectivity index (χ1n) is 3.13. The molecule has 62 valence electrons. The van der Waals surface area contributed by atoms with Gasteiger partial charge in [0.1, 0.15) is 0 Å². The van der Waals surface area contributed by atoms with Crippen LogP contribution in [0.5, 0.6) is 0 Å². The summed E-state index contributed by atoms with van der Waals surface area (Å²) in [5.41, 5.74) is 0. The molecule has 0 bridgehead atoms. The standard InChI is InChI=1S/C5H5.C3H8O.CH3.Ti/c1-2-4-5-3-1;1-3(2)4;;/h1-3H,4H2;3-4H,1-2H3;1H3;/q-1;;-1;+2. The van der Waals surface area contributed by atoms with Crippen molar-refractivity contribution in [3.8, 4) is 0 Å². The molecule has 1 rings (SSSR count). The first-order valence-corrected chi connectivity index (χ1v) is 3.13. The van der Waals surface area contributed by atoms with Gasteiger partial charge in [0.25, 0.3) is 0 Å². The Morgan fingerprint density at radius 1 is 1.45 bits per heavy atom. The fourth-order valence-electron chi connectivity index (χ4n) is 0.340. The molecule has 0 unspecified atom stereocenters. The van der Waals surface area contributed by atoms with Crippen molar-refractivity contribution in [3.05, 3.63) is 31.7 Å². The average molecular weight is 188 g/mol. The summed E-state index contributed by atoms with van der Waals surface area (Å²) in [6.45, 7) is 3.44. The second kappa shape index (κ2) is 12.8. The van der Waals surface area contributed by atoms with Gasteiger partial charge in [-0.1, -0.05) is 0 Å². The van der Waals surface area contributed by atoms with Crippen LogP contribution in [-0.2, 0) is 21.7 Å². The van der Waals surface area contributed by atoms with Gasteiger partial charge in [-0.3, -0.25) is 6.08 Å². The predicted octanol–water partition coefficient (Wildman–Crippen LogP) is 2.14. The molecule has 1 aliphatic carbocycles. The van der Waals surface area contributed by atoms with E-state index in [9.17, 15) is 0 Å². The summed E-state index contributed by atoms with van der Waals surface area (Å²) in [6, 6.07) is 0. The summed E-state index contributed by atoms with van der Waals surface area (Å²) in [4.78, 5) is 0. The predicted molar refractivity (Wildman–Crippen MR) is 45.3 cm³/mol.